The van der Waals surface area contributed by atoms with Gasteiger partial charge in [0.2, 0.25) is 0 Å². The van der Waals surface area contributed by atoms with Crippen LogP contribution in [0.4, 0.5) is 4.39 Å². The summed E-state index contributed by atoms with van der Waals surface area (Å²) < 4.78 is 22.2. The fourth-order valence-corrected chi connectivity index (χ4v) is 6.08. The van der Waals surface area contributed by atoms with E-state index in [9.17, 15) is 5.11 Å². The van der Waals surface area contributed by atoms with Crippen molar-refractivity contribution in [1.82, 2.24) is 4.90 Å². The van der Waals surface area contributed by atoms with E-state index in [0.717, 1.165) is 6.42 Å². The average Bonchev–Trinajstić information content (AvgIpc) is 3.42. The van der Waals surface area contributed by atoms with Gasteiger partial charge in [-0.15, -0.1) is 0 Å². The maximum Gasteiger partial charge on any atom is 0.192 e. The predicted octanol–water partition coefficient (Wildman–Crippen LogP) is 5.80. The molecule has 0 aromatic heterocycles. The summed E-state index contributed by atoms with van der Waals surface area (Å²) in [6.07, 6.45) is -1.38. The second-order valence-electron chi connectivity index (χ2n) is 11.3. The summed E-state index contributed by atoms with van der Waals surface area (Å²) in [5.74, 6) is 0.129. The van der Waals surface area contributed by atoms with Crippen LogP contribution < -0.4 is 0 Å². The lowest BCUT2D eigenvalue weighted by atomic mass is 10.0. The van der Waals surface area contributed by atoms with E-state index in [1.54, 1.807) is 0 Å². The molecule has 174 valence electrons. The zero-order chi connectivity index (χ0) is 23.1. The Morgan fingerprint density at radius 3 is 1.97 bits per heavy atom. The maximum absolute atomic E-state index is 15.7. The van der Waals surface area contributed by atoms with Crippen LogP contribution >= 0.6 is 0 Å². The maximum atomic E-state index is 15.7. The molecule has 4 rings (SSSR count). The highest BCUT2D eigenvalue weighted by molar-refractivity contribution is 6.74. The topological polar surface area (TPSA) is 32.7 Å². The van der Waals surface area contributed by atoms with Gasteiger partial charge in [0.05, 0.1) is 6.10 Å². The Kier molecular flexibility index (Phi) is 6.40. The number of rotatable bonds is 8. The molecule has 3 nitrogen and oxygen atoms in total. The molecule has 2 saturated carbocycles. The van der Waals surface area contributed by atoms with Crippen molar-refractivity contribution in [3.8, 4) is 0 Å². The quantitative estimate of drug-likeness (QED) is 0.511. The van der Waals surface area contributed by atoms with Gasteiger partial charge in [0.15, 0.2) is 8.32 Å². The highest BCUT2D eigenvalue weighted by atomic mass is 28.4. The highest BCUT2D eigenvalue weighted by Gasteiger charge is 2.72. The molecule has 0 unspecified atom stereocenters. The molecule has 5 heteroatoms. The molecule has 32 heavy (non-hydrogen) atoms. The van der Waals surface area contributed by atoms with Gasteiger partial charge >= 0.3 is 0 Å². The normalized spacial score (nSPS) is 29.9. The van der Waals surface area contributed by atoms with Crippen molar-refractivity contribution in [2.24, 2.45) is 11.3 Å². The Bertz CT molecular complexity index is 859. The predicted molar refractivity (Wildman–Crippen MR) is 131 cm³/mol. The first-order valence-electron chi connectivity index (χ1n) is 11.8. The first-order valence-corrected chi connectivity index (χ1v) is 14.7. The zero-order valence-electron chi connectivity index (χ0n) is 20.1. The molecule has 5 atom stereocenters. The molecule has 2 aromatic carbocycles. The molecule has 0 spiro atoms. The standard InChI is InChI=1S/C27H38FNO2Si/c1-26(2,3)32(4,5)31-19-27-16-22(27)24(23(28)25(27)30)29(17-20-12-8-6-9-13-20)18-21-14-10-7-11-15-21/h6-15,22-25,30H,16-19H2,1-5H3/t22-,23-,24-,25-,27+/m1/s1. The van der Waals surface area contributed by atoms with Gasteiger partial charge in [0, 0.05) is 31.2 Å². The largest absolute Gasteiger partial charge is 0.416 e. The van der Waals surface area contributed by atoms with Gasteiger partial charge in [0.25, 0.3) is 0 Å². The van der Waals surface area contributed by atoms with Crippen LogP contribution in [-0.4, -0.2) is 43.2 Å². The minimum atomic E-state index is -1.96. The first kappa shape index (κ1) is 23.6. The molecule has 0 aliphatic heterocycles. The lowest BCUT2D eigenvalue weighted by molar-refractivity contribution is -0.00320. The van der Waals surface area contributed by atoms with Crippen LogP contribution in [0.25, 0.3) is 0 Å². The summed E-state index contributed by atoms with van der Waals surface area (Å²) >= 11 is 0. The number of aliphatic hydroxyl groups excluding tert-OH is 1. The molecule has 0 bridgehead atoms. The number of halogens is 1. The number of alkyl halides is 1. The SMILES string of the molecule is CC(C)(C)[Si](C)(C)OC[C@@]12C[C@@H]1[C@@H](N(Cc1ccccc1)Cc1ccccc1)[C@@H](F)[C@H]2O. The Morgan fingerprint density at radius 1 is 1.00 bits per heavy atom. The monoisotopic (exact) mass is 455 g/mol. The Balaban J connectivity index is 1.55. The van der Waals surface area contributed by atoms with Gasteiger partial charge in [-0.1, -0.05) is 81.4 Å². The molecule has 1 N–H and O–H groups in total. The van der Waals surface area contributed by atoms with Gasteiger partial charge in [-0.05, 0) is 41.6 Å². The summed E-state index contributed by atoms with van der Waals surface area (Å²) in [7, 11) is -1.96. The Morgan fingerprint density at radius 2 is 1.50 bits per heavy atom. The molecule has 2 fully saturated rings. The van der Waals surface area contributed by atoms with Crippen LogP contribution in [0.1, 0.15) is 38.3 Å². The van der Waals surface area contributed by atoms with Gasteiger partial charge in [-0.25, -0.2) is 4.39 Å². The van der Waals surface area contributed by atoms with Crippen LogP contribution in [0, 0.1) is 11.3 Å². The number of nitrogens with zero attached hydrogens (tertiary/aromatic N) is 1. The molecule has 0 saturated heterocycles. The third-order valence-electron chi connectivity index (χ3n) is 8.19. The van der Waals surface area contributed by atoms with Crippen molar-refractivity contribution in [3.05, 3.63) is 71.8 Å². The lowest BCUT2D eigenvalue weighted by Gasteiger charge is -2.37. The smallest absolute Gasteiger partial charge is 0.192 e. The summed E-state index contributed by atoms with van der Waals surface area (Å²) in [6.45, 7) is 12.9. The molecule has 0 radical (unpaired) electrons. The molecule has 2 aliphatic rings. The van der Waals surface area contributed by atoms with Crippen molar-refractivity contribution < 1.29 is 13.9 Å². The third kappa shape index (κ3) is 4.45. The van der Waals surface area contributed by atoms with Crippen molar-refractivity contribution >= 4 is 8.32 Å². The van der Waals surface area contributed by atoms with Gasteiger partial charge in [-0.3, -0.25) is 4.90 Å². The molecular formula is C27H38FNO2Si. The number of hydrogen-bond donors (Lipinski definition) is 1. The van der Waals surface area contributed by atoms with E-state index < -0.39 is 26.0 Å². The van der Waals surface area contributed by atoms with Crippen molar-refractivity contribution in [1.29, 1.82) is 0 Å². The Hall–Kier alpha value is -1.53. The third-order valence-corrected chi connectivity index (χ3v) is 12.7. The second kappa shape index (κ2) is 8.67. The van der Waals surface area contributed by atoms with E-state index in [0.29, 0.717) is 19.7 Å². The van der Waals surface area contributed by atoms with Crippen molar-refractivity contribution in [3.63, 3.8) is 0 Å². The molecule has 2 aromatic rings. The molecule has 0 amide bonds. The van der Waals surface area contributed by atoms with Gasteiger partial charge in [-0.2, -0.15) is 0 Å². The highest BCUT2D eigenvalue weighted by Crippen LogP contribution is 2.66. The van der Waals surface area contributed by atoms with E-state index in [-0.39, 0.29) is 17.0 Å². The molecule has 2 aliphatic carbocycles. The fourth-order valence-electron chi connectivity index (χ4n) is 5.02. The summed E-state index contributed by atoms with van der Waals surface area (Å²) in [5, 5.41) is 11.1. The van der Waals surface area contributed by atoms with E-state index >= 15 is 4.39 Å². The second-order valence-corrected chi connectivity index (χ2v) is 16.2. The van der Waals surface area contributed by atoms with Gasteiger partial charge < -0.3 is 9.53 Å². The van der Waals surface area contributed by atoms with Crippen LogP contribution in [-0.2, 0) is 17.5 Å². The minimum absolute atomic E-state index is 0.0960. The number of aliphatic hydroxyl groups is 1. The van der Waals surface area contributed by atoms with Crippen molar-refractivity contribution in [2.75, 3.05) is 6.61 Å². The van der Waals surface area contributed by atoms with Crippen LogP contribution in [0.2, 0.25) is 18.1 Å². The average molecular weight is 456 g/mol. The van der Waals surface area contributed by atoms with Crippen LogP contribution in [0.15, 0.2) is 60.7 Å². The lowest BCUT2D eigenvalue weighted by Crippen LogP contribution is -2.45. The van der Waals surface area contributed by atoms with Crippen molar-refractivity contribution in [2.45, 2.75) is 76.7 Å². The number of hydrogen-bond acceptors (Lipinski definition) is 3. The molecular weight excluding hydrogens is 417 g/mol. The molecule has 0 heterocycles. The van der Waals surface area contributed by atoms with Crippen LogP contribution in [0.3, 0.4) is 0 Å². The first-order chi connectivity index (χ1) is 15.1. The fraction of sp³-hybridized carbons (Fsp3) is 0.556. The zero-order valence-corrected chi connectivity index (χ0v) is 21.1. The Labute approximate surface area is 193 Å². The van der Waals surface area contributed by atoms with E-state index in [2.05, 4.69) is 63.0 Å². The summed E-state index contributed by atoms with van der Waals surface area (Å²) in [4.78, 5) is 2.24. The van der Waals surface area contributed by atoms with Crippen LogP contribution in [0.5, 0.6) is 0 Å². The summed E-state index contributed by atoms with van der Waals surface area (Å²) in [5.41, 5.74) is 1.90. The number of benzene rings is 2. The van der Waals surface area contributed by atoms with Gasteiger partial charge in [0.1, 0.15) is 6.17 Å². The summed E-state index contributed by atoms with van der Waals surface area (Å²) in [6, 6.07) is 20.2. The van der Waals surface area contributed by atoms with E-state index in [1.807, 2.05) is 36.4 Å². The minimum Gasteiger partial charge on any atom is -0.416 e. The van der Waals surface area contributed by atoms with E-state index in [1.165, 1.54) is 11.1 Å². The van der Waals surface area contributed by atoms with E-state index in [4.69, 9.17) is 4.43 Å². The number of fused-ring (bicyclic) bond motifs is 1.